The number of H-pyrrole nitrogens is 1. The Morgan fingerprint density at radius 1 is 1.14 bits per heavy atom. The van der Waals surface area contributed by atoms with Crippen molar-refractivity contribution in [1.82, 2.24) is 15.5 Å². The normalized spacial score (nSPS) is 12.0. The maximum absolute atomic E-state index is 13.1. The number of carbonyl (C=O) groups excluding carboxylic acids is 1. The van der Waals surface area contributed by atoms with Crippen LogP contribution >= 0.6 is 11.6 Å². The zero-order chi connectivity index (χ0) is 21.0. The van der Waals surface area contributed by atoms with Crippen LogP contribution in [0.15, 0.2) is 59.6 Å². The minimum atomic E-state index is -0.444. The molecule has 3 aromatic rings. The highest BCUT2D eigenvalue weighted by atomic mass is 35.5. The van der Waals surface area contributed by atoms with Gasteiger partial charge in [0.25, 0.3) is 5.91 Å². The summed E-state index contributed by atoms with van der Waals surface area (Å²) in [6.07, 6.45) is 0. The molecule has 0 radical (unpaired) electrons. The van der Waals surface area contributed by atoms with Gasteiger partial charge in [0, 0.05) is 16.7 Å². The minimum Gasteiger partial charge on any atom is -0.309 e. The summed E-state index contributed by atoms with van der Waals surface area (Å²) in [5.74, 6) is 0.0468. The zero-order valence-corrected chi connectivity index (χ0v) is 17.0. The van der Waals surface area contributed by atoms with E-state index in [-0.39, 0.29) is 17.7 Å². The summed E-state index contributed by atoms with van der Waals surface area (Å²) in [6, 6.07) is 14.4. The van der Waals surface area contributed by atoms with Gasteiger partial charge in [-0.15, -0.1) is 0 Å². The molecule has 1 aromatic heterocycles. The van der Waals surface area contributed by atoms with E-state index in [1.807, 2.05) is 20.8 Å². The lowest BCUT2D eigenvalue weighted by Crippen LogP contribution is -2.38. The Bertz CT molecular complexity index is 1040. The first kappa shape index (κ1) is 20.5. The summed E-state index contributed by atoms with van der Waals surface area (Å²) >= 11 is 5.97. The highest BCUT2D eigenvalue weighted by molar-refractivity contribution is 6.31. The Balaban J connectivity index is 1.80. The number of amides is 1. The largest absolute Gasteiger partial charge is 0.309 e. The second kappa shape index (κ2) is 8.45. The van der Waals surface area contributed by atoms with E-state index in [1.165, 1.54) is 12.1 Å². The molecule has 29 heavy (non-hydrogen) atoms. The SMILES string of the molecule is CC(C)(C)N=C(NC(=O)c1cccc(Cl)c1)Nc1cc(-c2ccc(F)cc2)[nH]n1. The van der Waals surface area contributed by atoms with Gasteiger partial charge in [-0.3, -0.25) is 15.2 Å². The molecule has 0 spiro atoms. The number of rotatable bonds is 3. The highest BCUT2D eigenvalue weighted by Gasteiger charge is 2.15. The smallest absolute Gasteiger partial charge is 0.258 e. The van der Waals surface area contributed by atoms with E-state index in [2.05, 4.69) is 25.8 Å². The van der Waals surface area contributed by atoms with Crippen LogP contribution < -0.4 is 10.6 Å². The Labute approximate surface area is 173 Å². The van der Waals surface area contributed by atoms with Gasteiger partial charge in [-0.2, -0.15) is 5.10 Å². The molecule has 3 rings (SSSR count). The van der Waals surface area contributed by atoms with Gasteiger partial charge in [-0.25, -0.2) is 9.38 Å². The lowest BCUT2D eigenvalue weighted by Gasteiger charge is -2.17. The number of halogens is 2. The predicted molar refractivity (Wildman–Crippen MR) is 114 cm³/mol. The number of aromatic nitrogens is 2. The summed E-state index contributed by atoms with van der Waals surface area (Å²) in [4.78, 5) is 17.1. The van der Waals surface area contributed by atoms with E-state index in [1.54, 1.807) is 42.5 Å². The number of guanidine groups is 1. The number of aromatic amines is 1. The van der Waals surface area contributed by atoms with Gasteiger partial charge in [-0.1, -0.05) is 17.7 Å². The molecule has 1 amide bonds. The van der Waals surface area contributed by atoms with Crippen LogP contribution in [0.25, 0.3) is 11.3 Å². The number of anilines is 1. The van der Waals surface area contributed by atoms with E-state index in [9.17, 15) is 9.18 Å². The fraction of sp³-hybridized carbons (Fsp3) is 0.190. The van der Waals surface area contributed by atoms with E-state index in [0.29, 0.717) is 22.1 Å². The maximum Gasteiger partial charge on any atom is 0.258 e. The average molecular weight is 414 g/mol. The van der Waals surface area contributed by atoms with Crippen molar-refractivity contribution >= 4 is 29.3 Å². The lowest BCUT2D eigenvalue weighted by molar-refractivity contribution is 0.0977. The number of benzene rings is 2. The molecule has 0 aliphatic rings. The van der Waals surface area contributed by atoms with Gasteiger partial charge in [-0.05, 0) is 68.8 Å². The molecule has 0 saturated carbocycles. The Hall–Kier alpha value is -3.19. The van der Waals surface area contributed by atoms with Crippen molar-refractivity contribution in [3.63, 3.8) is 0 Å². The van der Waals surface area contributed by atoms with Gasteiger partial charge in [0.05, 0.1) is 11.2 Å². The summed E-state index contributed by atoms with van der Waals surface area (Å²) in [6.45, 7) is 5.73. The molecule has 3 N–H and O–H groups in total. The van der Waals surface area contributed by atoms with Gasteiger partial charge in [0.2, 0.25) is 5.96 Å². The first-order chi connectivity index (χ1) is 13.7. The first-order valence-corrected chi connectivity index (χ1v) is 9.32. The zero-order valence-electron chi connectivity index (χ0n) is 16.3. The highest BCUT2D eigenvalue weighted by Crippen LogP contribution is 2.20. The molecule has 2 aromatic carbocycles. The summed E-state index contributed by atoms with van der Waals surface area (Å²) in [5.41, 5.74) is 1.45. The molecule has 0 aliphatic heterocycles. The van der Waals surface area contributed by atoms with Crippen molar-refractivity contribution in [3.8, 4) is 11.3 Å². The molecule has 1 heterocycles. The van der Waals surface area contributed by atoms with Crippen LogP contribution in [0.2, 0.25) is 5.02 Å². The minimum absolute atomic E-state index is 0.250. The standard InChI is InChI=1S/C21H21ClFN5O/c1-21(2,3)26-20(25-19(29)14-5-4-6-15(22)11-14)24-18-12-17(27-28-18)13-7-9-16(23)10-8-13/h4-12H,1-3H3,(H3,24,25,26,27,28,29). The lowest BCUT2D eigenvalue weighted by atomic mass is 10.1. The summed E-state index contributed by atoms with van der Waals surface area (Å²) in [7, 11) is 0. The van der Waals surface area contributed by atoms with Crippen molar-refractivity contribution in [1.29, 1.82) is 0 Å². The van der Waals surface area contributed by atoms with Crippen LogP contribution in [0.4, 0.5) is 10.2 Å². The van der Waals surface area contributed by atoms with E-state index < -0.39 is 5.54 Å². The molecule has 8 heteroatoms. The molecule has 150 valence electrons. The van der Waals surface area contributed by atoms with E-state index in [4.69, 9.17) is 11.6 Å². The number of carbonyl (C=O) groups is 1. The molecule has 0 unspecified atom stereocenters. The van der Waals surface area contributed by atoms with Crippen LogP contribution in [-0.4, -0.2) is 27.6 Å². The van der Waals surface area contributed by atoms with Crippen LogP contribution in [0.3, 0.4) is 0 Å². The predicted octanol–water partition coefficient (Wildman–Crippen LogP) is 4.87. The maximum atomic E-state index is 13.1. The number of nitrogens with zero attached hydrogens (tertiary/aromatic N) is 2. The third kappa shape index (κ3) is 5.89. The molecule has 6 nitrogen and oxygen atoms in total. The first-order valence-electron chi connectivity index (χ1n) is 8.95. The number of nitrogens with one attached hydrogen (secondary N) is 3. The summed E-state index contributed by atoms with van der Waals surface area (Å²) in [5, 5.41) is 13.3. The quantitative estimate of drug-likeness (QED) is 0.423. The van der Waals surface area contributed by atoms with Gasteiger partial charge in [0.1, 0.15) is 5.82 Å². The monoisotopic (exact) mass is 413 g/mol. The molecule has 0 fully saturated rings. The number of hydrogen-bond donors (Lipinski definition) is 3. The van der Waals surface area contributed by atoms with E-state index >= 15 is 0 Å². The Morgan fingerprint density at radius 2 is 1.86 bits per heavy atom. The molecular formula is C21H21ClFN5O. The van der Waals surface area contributed by atoms with Crippen LogP contribution in [0, 0.1) is 5.82 Å². The van der Waals surface area contributed by atoms with Crippen LogP contribution in [0.5, 0.6) is 0 Å². The van der Waals surface area contributed by atoms with Crippen molar-refractivity contribution in [2.45, 2.75) is 26.3 Å². The Kier molecular flexibility index (Phi) is 5.98. The second-order valence-electron chi connectivity index (χ2n) is 7.39. The third-order valence-electron chi connectivity index (χ3n) is 3.75. The molecule has 0 atom stereocenters. The van der Waals surface area contributed by atoms with Crippen molar-refractivity contribution in [2.75, 3.05) is 5.32 Å². The number of hydrogen-bond acceptors (Lipinski definition) is 3. The molecular weight excluding hydrogens is 393 g/mol. The third-order valence-corrected chi connectivity index (χ3v) is 3.98. The average Bonchev–Trinajstić information content (AvgIpc) is 3.09. The van der Waals surface area contributed by atoms with Gasteiger partial charge < -0.3 is 5.32 Å². The molecule has 0 bridgehead atoms. The molecule has 0 saturated heterocycles. The fourth-order valence-electron chi connectivity index (χ4n) is 2.52. The van der Waals surface area contributed by atoms with Crippen molar-refractivity contribution in [3.05, 3.63) is 71.0 Å². The topological polar surface area (TPSA) is 82.2 Å². The van der Waals surface area contributed by atoms with Crippen LogP contribution in [0.1, 0.15) is 31.1 Å². The van der Waals surface area contributed by atoms with Gasteiger partial charge >= 0.3 is 0 Å². The van der Waals surface area contributed by atoms with Crippen molar-refractivity contribution < 1.29 is 9.18 Å². The van der Waals surface area contributed by atoms with Gasteiger partial charge in [0.15, 0.2) is 5.82 Å². The molecule has 0 aliphatic carbocycles. The summed E-state index contributed by atoms with van der Waals surface area (Å²) < 4.78 is 13.1. The Morgan fingerprint density at radius 3 is 2.52 bits per heavy atom. The number of aliphatic imine (C=N–C) groups is 1. The van der Waals surface area contributed by atoms with Crippen molar-refractivity contribution in [2.24, 2.45) is 4.99 Å². The van der Waals surface area contributed by atoms with E-state index in [0.717, 1.165) is 5.56 Å². The van der Waals surface area contributed by atoms with Crippen LogP contribution in [-0.2, 0) is 0 Å². The fourth-order valence-corrected chi connectivity index (χ4v) is 2.71. The second-order valence-corrected chi connectivity index (χ2v) is 7.83.